The molecule has 0 saturated heterocycles. The molecule has 1 N–H and O–H groups in total. The predicted molar refractivity (Wildman–Crippen MR) is 79.9 cm³/mol. The van der Waals surface area contributed by atoms with Crippen molar-refractivity contribution in [1.82, 2.24) is 9.97 Å². The van der Waals surface area contributed by atoms with E-state index < -0.39 is 0 Å². The van der Waals surface area contributed by atoms with Crippen LogP contribution in [-0.4, -0.2) is 29.7 Å². The minimum absolute atomic E-state index is 0.533. The molecule has 4 nitrogen and oxygen atoms in total. The molecule has 1 aromatic rings. The molecule has 0 aromatic carbocycles. The van der Waals surface area contributed by atoms with Crippen molar-refractivity contribution in [2.75, 3.05) is 25.1 Å². The van der Waals surface area contributed by atoms with Gasteiger partial charge in [0, 0.05) is 31.7 Å². The Bertz CT molecular complexity index is 397. The summed E-state index contributed by atoms with van der Waals surface area (Å²) in [4.78, 5) is 8.67. The highest BCUT2D eigenvalue weighted by molar-refractivity contribution is 6.30. The molecule has 0 bridgehead atoms. The van der Waals surface area contributed by atoms with Crippen molar-refractivity contribution in [3.05, 3.63) is 16.5 Å². The van der Waals surface area contributed by atoms with Gasteiger partial charge in [0.1, 0.15) is 16.8 Å². The number of halogens is 1. The van der Waals surface area contributed by atoms with Crippen LogP contribution >= 0.6 is 11.6 Å². The first-order chi connectivity index (χ1) is 9.04. The lowest BCUT2D eigenvalue weighted by molar-refractivity contribution is 0.110. The Balaban J connectivity index is 2.38. The molecule has 1 rings (SSSR count). The number of aromatic nitrogens is 2. The van der Waals surface area contributed by atoms with Gasteiger partial charge < -0.3 is 10.1 Å². The minimum Gasteiger partial charge on any atom is -0.381 e. The number of hydrogen-bond acceptors (Lipinski definition) is 4. The number of aryl methyl sites for hydroxylation is 1. The highest BCUT2D eigenvalue weighted by atomic mass is 35.5. The van der Waals surface area contributed by atoms with Gasteiger partial charge in [-0.25, -0.2) is 9.97 Å². The monoisotopic (exact) mass is 285 g/mol. The molecule has 108 valence electrons. The average molecular weight is 286 g/mol. The molecule has 0 aliphatic rings. The van der Waals surface area contributed by atoms with Crippen molar-refractivity contribution in [2.24, 2.45) is 5.92 Å². The van der Waals surface area contributed by atoms with Gasteiger partial charge in [-0.1, -0.05) is 32.4 Å². The second kappa shape index (κ2) is 8.33. The number of anilines is 1. The third-order valence-corrected chi connectivity index (χ3v) is 3.03. The van der Waals surface area contributed by atoms with E-state index >= 15 is 0 Å². The largest absolute Gasteiger partial charge is 0.381 e. The van der Waals surface area contributed by atoms with Crippen molar-refractivity contribution in [3.8, 4) is 0 Å². The maximum Gasteiger partial charge on any atom is 0.137 e. The highest BCUT2D eigenvalue weighted by Gasteiger charge is 2.07. The summed E-state index contributed by atoms with van der Waals surface area (Å²) in [5.41, 5.74) is 0.905. The molecule has 5 heteroatoms. The summed E-state index contributed by atoms with van der Waals surface area (Å²) in [5.74, 6) is 2.19. The lowest BCUT2D eigenvalue weighted by atomic mass is 10.2. The number of ether oxygens (including phenoxy) is 1. The molecule has 1 heterocycles. The standard InChI is InChI=1S/C14H24ClN3O/c1-5-12-17-13(15)11(4)14(18-12)16-7-6-8-19-9-10(2)3/h10H,5-9H2,1-4H3,(H,16,17,18). The first kappa shape index (κ1) is 16.2. The lowest BCUT2D eigenvalue weighted by Gasteiger charge is -2.11. The number of nitrogens with zero attached hydrogens (tertiary/aromatic N) is 2. The van der Waals surface area contributed by atoms with Crippen LogP contribution in [0.15, 0.2) is 0 Å². The van der Waals surface area contributed by atoms with Crippen LogP contribution < -0.4 is 5.32 Å². The van der Waals surface area contributed by atoms with E-state index in [2.05, 4.69) is 29.1 Å². The molecule has 0 amide bonds. The summed E-state index contributed by atoms with van der Waals surface area (Å²) < 4.78 is 5.53. The van der Waals surface area contributed by atoms with Crippen LogP contribution in [0, 0.1) is 12.8 Å². The summed E-state index contributed by atoms with van der Waals surface area (Å²) in [7, 11) is 0. The molecule has 19 heavy (non-hydrogen) atoms. The number of nitrogens with one attached hydrogen (secondary N) is 1. The summed E-state index contributed by atoms with van der Waals surface area (Å²) in [6.07, 6.45) is 1.74. The zero-order valence-corrected chi connectivity index (χ0v) is 13.0. The first-order valence-electron chi connectivity index (χ1n) is 6.89. The smallest absolute Gasteiger partial charge is 0.137 e. The molecule has 0 unspecified atom stereocenters. The van der Waals surface area contributed by atoms with Crippen LogP contribution in [0.3, 0.4) is 0 Å². The highest BCUT2D eigenvalue weighted by Crippen LogP contribution is 2.19. The molecule has 0 aliphatic carbocycles. The van der Waals surface area contributed by atoms with Gasteiger partial charge in [0.05, 0.1) is 0 Å². The third-order valence-electron chi connectivity index (χ3n) is 2.66. The van der Waals surface area contributed by atoms with Crippen molar-refractivity contribution in [3.63, 3.8) is 0 Å². The van der Waals surface area contributed by atoms with E-state index in [1.165, 1.54) is 0 Å². The van der Waals surface area contributed by atoms with Crippen LogP contribution in [0.4, 0.5) is 5.82 Å². The van der Waals surface area contributed by atoms with Crippen LogP contribution in [-0.2, 0) is 11.2 Å². The Morgan fingerprint density at radius 3 is 2.68 bits per heavy atom. The normalized spacial score (nSPS) is 11.1. The molecule has 0 saturated carbocycles. The van der Waals surface area contributed by atoms with Crippen molar-refractivity contribution < 1.29 is 4.74 Å². The Kier molecular flexibility index (Phi) is 7.10. The number of rotatable bonds is 8. The fraction of sp³-hybridized carbons (Fsp3) is 0.714. The fourth-order valence-electron chi connectivity index (χ4n) is 1.56. The van der Waals surface area contributed by atoms with Crippen molar-refractivity contribution in [1.29, 1.82) is 0 Å². The summed E-state index contributed by atoms with van der Waals surface area (Å²) in [5, 5.41) is 3.83. The lowest BCUT2D eigenvalue weighted by Crippen LogP contribution is -2.11. The van der Waals surface area contributed by atoms with E-state index in [0.717, 1.165) is 49.8 Å². The van der Waals surface area contributed by atoms with E-state index in [1.54, 1.807) is 0 Å². The zero-order valence-electron chi connectivity index (χ0n) is 12.3. The second-order valence-electron chi connectivity index (χ2n) is 5.01. The maximum absolute atomic E-state index is 6.08. The van der Waals surface area contributed by atoms with E-state index in [4.69, 9.17) is 16.3 Å². The summed E-state index contributed by atoms with van der Waals surface area (Å²) in [6.45, 7) is 10.7. The third kappa shape index (κ3) is 5.74. The Labute approximate surface area is 120 Å². The second-order valence-corrected chi connectivity index (χ2v) is 5.36. The van der Waals surface area contributed by atoms with E-state index in [9.17, 15) is 0 Å². The summed E-state index contributed by atoms with van der Waals surface area (Å²) in [6, 6.07) is 0. The van der Waals surface area contributed by atoms with Crippen LogP contribution in [0.25, 0.3) is 0 Å². The molecule has 1 aromatic heterocycles. The van der Waals surface area contributed by atoms with Gasteiger partial charge in [0.25, 0.3) is 0 Å². The van der Waals surface area contributed by atoms with Gasteiger partial charge in [-0.05, 0) is 19.3 Å². The fourth-order valence-corrected chi connectivity index (χ4v) is 1.75. The minimum atomic E-state index is 0.533. The van der Waals surface area contributed by atoms with Gasteiger partial charge in [-0.2, -0.15) is 0 Å². The van der Waals surface area contributed by atoms with Crippen LogP contribution in [0.1, 0.15) is 38.6 Å². The Hall–Kier alpha value is -0.870. The van der Waals surface area contributed by atoms with Crippen LogP contribution in [0.5, 0.6) is 0 Å². The quantitative estimate of drug-likeness (QED) is 0.587. The van der Waals surface area contributed by atoms with E-state index in [-0.39, 0.29) is 0 Å². The average Bonchev–Trinajstić information content (AvgIpc) is 2.37. The van der Waals surface area contributed by atoms with Gasteiger partial charge in [-0.3, -0.25) is 0 Å². The molecule has 0 aliphatic heterocycles. The van der Waals surface area contributed by atoms with Gasteiger partial charge in [-0.15, -0.1) is 0 Å². The SMILES string of the molecule is CCc1nc(Cl)c(C)c(NCCCOCC(C)C)n1. The molecular formula is C14H24ClN3O. The number of hydrogen-bond donors (Lipinski definition) is 1. The Morgan fingerprint density at radius 1 is 1.32 bits per heavy atom. The molecule has 0 fully saturated rings. The zero-order chi connectivity index (χ0) is 14.3. The van der Waals surface area contributed by atoms with E-state index in [0.29, 0.717) is 11.1 Å². The maximum atomic E-state index is 6.08. The summed E-state index contributed by atoms with van der Waals surface area (Å²) >= 11 is 6.08. The topological polar surface area (TPSA) is 47.0 Å². The first-order valence-corrected chi connectivity index (χ1v) is 7.27. The molecular weight excluding hydrogens is 262 g/mol. The van der Waals surface area contributed by atoms with Gasteiger partial charge >= 0.3 is 0 Å². The van der Waals surface area contributed by atoms with E-state index in [1.807, 2.05) is 13.8 Å². The predicted octanol–water partition coefficient (Wildman–Crippen LogP) is 3.48. The van der Waals surface area contributed by atoms with Gasteiger partial charge in [0.15, 0.2) is 0 Å². The molecule has 0 spiro atoms. The van der Waals surface area contributed by atoms with Crippen molar-refractivity contribution >= 4 is 17.4 Å². The Morgan fingerprint density at radius 2 is 2.05 bits per heavy atom. The van der Waals surface area contributed by atoms with Crippen molar-refractivity contribution in [2.45, 2.75) is 40.5 Å². The molecule has 0 radical (unpaired) electrons. The molecule has 0 atom stereocenters. The van der Waals surface area contributed by atoms with Crippen LogP contribution in [0.2, 0.25) is 5.15 Å². The van der Waals surface area contributed by atoms with Gasteiger partial charge in [0.2, 0.25) is 0 Å².